The van der Waals surface area contributed by atoms with E-state index in [1.807, 2.05) is 0 Å². The van der Waals surface area contributed by atoms with Crippen LogP contribution in [0.3, 0.4) is 0 Å². The normalized spacial score (nSPS) is 10.6. The first-order valence-electron chi connectivity index (χ1n) is 2.99. The highest BCUT2D eigenvalue weighted by Gasteiger charge is 2.09. The first-order chi connectivity index (χ1) is 5.29. The van der Waals surface area contributed by atoms with Crippen molar-refractivity contribution >= 4 is 11.1 Å². The summed E-state index contributed by atoms with van der Waals surface area (Å²) in [4.78, 5) is 14.6. The number of rotatable bonds is 0. The third-order valence-corrected chi connectivity index (χ3v) is 1.38. The van der Waals surface area contributed by atoms with Gasteiger partial charge in [-0.2, -0.15) is 4.98 Å². The lowest BCUT2D eigenvalue weighted by Crippen LogP contribution is -1.98. The van der Waals surface area contributed by atoms with Crippen molar-refractivity contribution in [1.82, 2.24) is 10.1 Å². The quantitative estimate of drug-likeness (QED) is 0.549. The highest BCUT2D eigenvalue weighted by Crippen LogP contribution is 2.08. The van der Waals surface area contributed by atoms with Gasteiger partial charge in [-0.3, -0.25) is 0 Å². The van der Waals surface area contributed by atoms with Crippen LogP contribution in [-0.2, 0) is 0 Å². The second-order valence-corrected chi connectivity index (χ2v) is 2.09. The molecule has 0 aromatic carbocycles. The third-order valence-electron chi connectivity index (χ3n) is 1.38. The molecule has 5 nitrogen and oxygen atoms in total. The Morgan fingerprint density at radius 3 is 3.09 bits per heavy atom. The van der Waals surface area contributed by atoms with Crippen molar-refractivity contribution in [2.24, 2.45) is 0 Å². The van der Waals surface area contributed by atoms with Crippen LogP contribution in [0.5, 0.6) is 0 Å². The molecule has 2 aromatic heterocycles. The minimum absolute atomic E-state index is 0.221. The van der Waals surface area contributed by atoms with E-state index in [2.05, 4.69) is 14.6 Å². The number of nitrogens with zero attached hydrogens (tertiary/aromatic N) is 2. The molecular weight excluding hydrogens is 148 g/mol. The van der Waals surface area contributed by atoms with Gasteiger partial charge in [-0.1, -0.05) is 5.16 Å². The molecule has 11 heavy (non-hydrogen) atoms. The van der Waals surface area contributed by atoms with Crippen molar-refractivity contribution < 1.29 is 8.94 Å². The average molecular weight is 152 g/mol. The maximum atomic E-state index is 11.0. The first kappa shape index (κ1) is 6.09. The zero-order valence-corrected chi connectivity index (χ0v) is 5.70. The molecule has 0 bridgehead atoms. The molecule has 0 aliphatic carbocycles. The monoisotopic (exact) mass is 152 g/mol. The van der Waals surface area contributed by atoms with E-state index >= 15 is 0 Å². The summed E-state index contributed by atoms with van der Waals surface area (Å²) in [7, 11) is 0. The fourth-order valence-corrected chi connectivity index (χ4v) is 0.862. The van der Waals surface area contributed by atoms with Gasteiger partial charge in [0.05, 0.1) is 5.69 Å². The van der Waals surface area contributed by atoms with E-state index < -0.39 is 5.63 Å². The first-order valence-corrected chi connectivity index (χ1v) is 2.99. The van der Waals surface area contributed by atoms with E-state index in [0.29, 0.717) is 11.1 Å². The number of aromatic nitrogens is 2. The van der Waals surface area contributed by atoms with Gasteiger partial charge in [0.25, 0.3) is 5.71 Å². The van der Waals surface area contributed by atoms with Crippen LogP contribution in [-0.4, -0.2) is 10.1 Å². The highest BCUT2D eigenvalue weighted by molar-refractivity contribution is 5.73. The number of fused-ring (bicyclic) bond motifs is 1. The Morgan fingerprint density at radius 2 is 2.36 bits per heavy atom. The second-order valence-electron chi connectivity index (χ2n) is 2.09. The van der Waals surface area contributed by atoms with Crippen LogP contribution in [0.1, 0.15) is 5.69 Å². The minimum Gasteiger partial charge on any atom is -0.411 e. The van der Waals surface area contributed by atoms with Gasteiger partial charge < -0.3 is 8.94 Å². The molecule has 2 aromatic rings. The second kappa shape index (κ2) is 1.91. The summed E-state index contributed by atoms with van der Waals surface area (Å²) in [5, 5.41) is 3.87. The Morgan fingerprint density at radius 1 is 1.55 bits per heavy atom. The van der Waals surface area contributed by atoms with Crippen LogP contribution in [0.4, 0.5) is 0 Å². The number of hydrogen-bond acceptors (Lipinski definition) is 5. The van der Waals surface area contributed by atoms with E-state index in [-0.39, 0.29) is 5.71 Å². The predicted octanol–water partition coefficient (Wildman–Crippen LogP) is 0.484. The highest BCUT2D eigenvalue weighted by atomic mass is 16.5. The van der Waals surface area contributed by atoms with Crippen LogP contribution in [0.25, 0.3) is 11.1 Å². The van der Waals surface area contributed by atoms with Gasteiger partial charge in [-0.25, -0.2) is 4.79 Å². The van der Waals surface area contributed by atoms with Crippen molar-refractivity contribution in [3.05, 3.63) is 22.5 Å². The lowest BCUT2D eigenvalue weighted by Gasteiger charge is -1.80. The molecule has 2 heterocycles. The standard InChI is InChI=1S/C6H4N2O3/c1-3-4-5(11-8-3)7-2-10-6(4)9/h2H,1H3. The van der Waals surface area contributed by atoms with Crippen LogP contribution >= 0.6 is 0 Å². The molecule has 56 valence electrons. The molecule has 0 unspecified atom stereocenters. The summed E-state index contributed by atoms with van der Waals surface area (Å²) < 4.78 is 9.22. The summed E-state index contributed by atoms with van der Waals surface area (Å²) in [6.45, 7) is 1.66. The molecule has 0 aliphatic rings. The molecule has 0 aliphatic heterocycles. The smallest absolute Gasteiger partial charge is 0.352 e. The molecule has 0 N–H and O–H groups in total. The molecule has 5 heteroatoms. The molecule has 2 rings (SSSR count). The molecule has 0 fully saturated rings. The average Bonchev–Trinajstić information content (AvgIpc) is 2.34. The van der Waals surface area contributed by atoms with Crippen LogP contribution in [0.15, 0.2) is 20.1 Å². The van der Waals surface area contributed by atoms with Crippen molar-refractivity contribution in [3.63, 3.8) is 0 Å². The van der Waals surface area contributed by atoms with E-state index in [4.69, 9.17) is 4.52 Å². The van der Waals surface area contributed by atoms with Gasteiger partial charge >= 0.3 is 5.63 Å². The predicted molar refractivity (Wildman–Crippen MR) is 35.1 cm³/mol. The Bertz CT molecular complexity index is 442. The van der Waals surface area contributed by atoms with Gasteiger partial charge in [-0.15, -0.1) is 0 Å². The van der Waals surface area contributed by atoms with E-state index in [1.54, 1.807) is 6.92 Å². The lowest BCUT2D eigenvalue weighted by atomic mass is 10.3. The number of aryl methyl sites for hydroxylation is 1. The van der Waals surface area contributed by atoms with Crippen LogP contribution < -0.4 is 5.63 Å². The SMILES string of the molecule is Cc1noc2ncoc(=O)c12. The largest absolute Gasteiger partial charge is 0.411 e. The van der Waals surface area contributed by atoms with Crippen LogP contribution in [0.2, 0.25) is 0 Å². The molecule has 0 atom stereocenters. The van der Waals surface area contributed by atoms with Gasteiger partial charge in [0, 0.05) is 0 Å². The summed E-state index contributed by atoms with van der Waals surface area (Å²) in [5.41, 5.74) is 0.259. The molecule has 0 spiro atoms. The fourth-order valence-electron chi connectivity index (χ4n) is 0.862. The zero-order chi connectivity index (χ0) is 7.84. The topological polar surface area (TPSA) is 69.1 Å². The zero-order valence-electron chi connectivity index (χ0n) is 5.70. The summed E-state index contributed by atoms with van der Waals surface area (Å²) in [6, 6.07) is 0. The summed E-state index contributed by atoms with van der Waals surface area (Å²) in [5.74, 6) is 0. The summed E-state index contributed by atoms with van der Waals surface area (Å²) in [6.07, 6.45) is 1.04. The Hall–Kier alpha value is -1.65. The molecule has 0 radical (unpaired) electrons. The van der Waals surface area contributed by atoms with Crippen LogP contribution in [0, 0.1) is 6.92 Å². The Balaban J connectivity index is 3.08. The van der Waals surface area contributed by atoms with Gasteiger partial charge in [-0.05, 0) is 6.92 Å². The van der Waals surface area contributed by atoms with Crippen molar-refractivity contribution in [1.29, 1.82) is 0 Å². The van der Waals surface area contributed by atoms with Gasteiger partial charge in [0.1, 0.15) is 5.39 Å². The third kappa shape index (κ3) is 0.739. The van der Waals surface area contributed by atoms with E-state index in [0.717, 1.165) is 6.39 Å². The fraction of sp³-hybridized carbons (Fsp3) is 0.167. The Labute approximate surface area is 60.6 Å². The van der Waals surface area contributed by atoms with Crippen molar-refractivity contribution in [2.45, 2.75) is 6.92 Å². The lowest BCUT2D eigenvalue weighted by molar-refractivity contribution is 0.434. The molecule has 0 saturated heterocycles. The number of hydrogen-bond donors (Lipinski definition) is 0. The van der Waals surface area contributed by atoms with E-state index in [1.165, 1.54) is 0 Å². The van der Waals surface area contributed by atoms with Crippen molar-refractivity contribution in [2.75, 3.05) is 0 Å². The molecule has 0 saturated carbocycles. The maximum Gasteiger partial charge on any atom is 0.352 e. The minimum atomic E-state index is -0.464. The van der Waals surface area contributed by atoms with Gasteiger partial charge in [0.15, 0.2) is 6.39 Å². The maximum absolute atomic E-state index is 11.0. The summed E-state index contributed by atoms with van der Waals surface area (Å²) >= 11 is 0. The molecular formula is C6H4N2O3. The van der Waals surface area contributed by atoms with E-state index in [9.17, 15) is 4.79 Å². The Kier molecular flexibility index (Phi) is 1.06. The van der Waals surface area contributed by atoms with Crippen molar-refractivity contribution in [3.8, 4) is 0 Å². The van der Waals surface area contributed by atoms with Gasteiger partial charge in [0.2, 0.25) is 0 Å². The molecule has 0 amide bonds.